The van der Waals surface area contributed by atoms with E-state index in [9.17, 15) is 0 Å². The molecule has 0 radical (unpaired) electrons. The van der Waals surface area contributed by atoms with Gasteiger partial charge in [-0.3, -0.25) is 0 Å². The monoisotopic (exact) mass is 351 g/mol. The van der Waals surface area contributed by atoms with Gasteiger partial charge in [0.05, 0.1) is 13.2 Å². The lowest BCUT2D eigenvalue weighted by Gasteiger charge is -2.09. The number of halogens is 1. The highest BCUT2D eigenvalue weighted by Crippen LogP contribution is 2.22. The SMILES string of the molecule is Brc1cc(CNC2CC2)ccc1COCc1cccs1. The summed E-state index contributed by atoms with van der Waals surface area (Å²) in [6.07, 6.45) is 2.66. The Morgan fingerprint density at radius 2 is 2.15 bits per heavy atom. The van der Waals surface area contributed by atoms with Crippen LogP contribution in [0, 0.1) is 0 Å². The predicted molar refractivity (Wildman–Crippen MR) is 86.8 cm³/mol. The number of hydrogen-bond acceptors (Lipinski definition) is 3. The van der Waals surface area contributed by atoms with E-state index in [1.807, 2.05) is 0 Å². The maximum Gasteiger partial charge on any atom is 0.0813 e. The number of nitrogens with one attached hydrogen (secondary N) is 1. The third kappa shape index (κ3) is 4.16. The minimum absolute atomic E-state index is 0.648. The first-order valence-corrected chi connectivity index (χ1v) is 8.59. The van der Waals surface area contributed by atoms with Gasteiger partial charge in [0.15, 0.2) is 0 Å². The van der Waals surface area contributed by atoms with Crippen LogP contribution in [0.1, 0.15) is 28.8 Å². The van der Waals surface area contributed by atoms with E-state index in [2.05, 4.69) is 57.0 Å². The summed E-state index contributed by atoms with van der Waals surface area (Å²) in [6.45, 7) is 2.30. The molecule has 106 valence electrons. The molecule has 1 fully saturated rings. The maximum absolute atomic E-state index is 5.76. The quantitative estimate of drug-likeness (QED) is 0.793. The topological polar surface area (TPSA) is 21.3 Å². The van der Waals surface area contributed by atoms with E-state index in [-0.39, 0.29) is 0 Å². The van der Waals surface area contributed by atoms with Gasteiger partial charge in [-0.15, -0.1) is 11.3 Å². The average molecular weight is 352 g/mol. The van der Waals surface area contributed by atoms with Crippen LogP contribution in [0.5, 0.6) is 0 Å². The van der Waals surface area contributed by atoms with E-state index >= 15 is 0 Å². The molecule has 20 heavy (non-hydrogen) atoms. The Labute approximate surface area is 132 Å². The highest BCUT2D eigenvalue weighted by molar-refractivity contribution is 9.10. The molecule has 0 spiro atoms. The van der Waals surface area contributed by atoms with Crippen LogP contribution in [0.25, 0.3) is 0 Å². The van der Waals surface area contributed by atoms with Gasteiger partial charge in [0.2, 0.25) is 0 Å². The molecule has 0 bridgehead atoms. The molecule has 1 aliphatic carbocycles. The first-order valence-electron chi connectivity index (χ1n) is 6.92. The summed E-state index contributed by atoms with van der Waals surface area (Å²) in [6, 6.07) is 11.4. The van der Waals surface area contributed by atoms with Gasteiger partial charge in [-0.25, -0.2) is 0 Å². The van der Waals surface area contributed by atoms with Crippen LogP contribution >= 0.6 is 27.3 Å². The van der Waals surface area contributed by atoms with Crippen molar-refractivity contribution in [3.05, 3.63) is 56.2 Å². The molecule has 1 aromatic carbocycles. The molecule has 2 nitrogen and oxygen atoms in total. The van der Waals surface area contributed by atoms with Crippen LogP contribution in [-0.4, -0.2) is 6.04 Å². The van der Waals surface area contributed by atoms with Gasteiger partial charge in [-0.05, 0) is 41.5 Å². The molecule has 0 aliphatic heterocycles. The molecule has 1 N–H and O–H groups in total. The van der Waals surface area contributed by atoms with Crippen molar-refractivity contribution in [3.8, 4) is 0 Å². The van der Waals surface area contributed by atoms with E-state index in [0.717, 1.165) is 17.1 Å². The first-order chi connectivity index (χ1) is 9.81. The Kier molecular flexibility index (Phi) is 4.89. The summed E-state index contributed by atoms with van der Waals surface area (Å²) >= 11 is 5.38. The van der Waals surface area contributed by atoms with Gasteiger partial charge in [-0.1, -0.05) is 34.1 Å². The largest absolute Gasteiger partial charge is 0.371 e. The van der Waals surface area contributed by atoms with Crippen LogP contribution in [0.4, 0.5) is 0 Å². The Hall–Kier alpha value is -0.680. The molecule has 1 saturated carbocycles. The first kappa shape index (κ1) is 14.3. The van der Waals surface area contributed by atoms with Crippen LogP contribution < -0.4 is 5.32 Å². The highest BCUT2D eigenvalue weighted by Gasteiger charge is 2.19. The molecule has 4 heteroatoms. The minimum Gasteiger partial charge on any atom is -0.371 e. The second-order valence-corrected chi connectivity index (χ2v) is 7.04. The Morgan fingerprint density at radius 3 is 2.85 bits per heavy atom. The Balaban J connectivity index is 1.50. The van der Waals surface area contributed by atoms with Gasteiger partial charge >= 0.3 is 0 Å². The van der Waals surface area contributed by atoms with Gasteiger partial charge in [0, 0.05) is 21.9 Å². The molecule has 0 unspecified atom stereocenters. The molecule has 3 rings (SSSR count). The zero-order valence-electron chi connectivity index (χ0n) is 11.3. The normalized spacial score (nSPS) is 14.7. The predicted octanol–water partition coefficient (Wildman–Crippen LogP) is 4.48. The van der Waals surface area contributed by atoms with Crippen molar-refractivity contribution in [2.45, 2.75) is 38.6 Å². The standard InChI is InChI=1S/C16H18BrNOS/c17-16-8-12(9-18-14-5-6-14)3-4-13(16)10-19-11-15-2-1-7-20-15/h1-4,7-8,14,18H,5-6,9-11H2. The second-order valence-electron chi connectivity index (χ2n) is 5.15. The third-order valence-electron chi connectivity index (χ3n) is 3.37. The van der Waals surface area contributed by atoms with Crippen molar-refractivity contribution in [1.82, 2.24) is 5.32 Å². The second kappa shape index (κ2) is 6.85. The zero-order valence-corrected chi connectivity index (χ0v) is 13.7. The summed E-state index contributed by atoms with van der Waals surface area (Å²) in [5, 5.41) is 5.61. The summed E-state index contributed by atoms with van der Waals surface area (Å²) in [5.74, 6) is 0. The zero-order chi connectivity index (χ0) is 13.8. The Morgan fingerprint density at radius 1 is 1.25 bits per heavy atom. The van der Waals surface area contributed by atoms with Crippen molar-refractivity contribution < 1.29 is 4.74 Å². The lowest BCUT2D eigenvalue weighted by molar-refractivity contribution is 0.109. The number of ether oxygens (including phenoxy) is 1. The lowest BCUT2D eigenvalue weighted by atomic mass is 10.1. The van der Waals surface area contributed by atoms with Crippen LogP contribution in [0.15, 0.2) is 40.2 Å². The molecule has 1 heterocycles. The number of hydrogen-bond donors (Lipinski definition) is 1. The van der Waals surface area contributed by atoms with E-state index < -0.39 is 0 Å². The molecule has 1 aromatic heterocycles. The maximum atomic E-state index is 5.76. The summed E-state index contributed by atoms with van der Waals surface area (Å²) < 4.78 is 6.90. The van der Waals surface area contributed by atoms with E-state index in [1.165, 1.54) is 28.8 Å². The summed E-state index contributed by atoms with van der Waals surface area (Å²) in [4.78, 5) is 1.27. The van der Waals surface area contributed by atoms with Crippen molar-refractivity contribution in [1.29, 1.82) is 0 Å². The summed E-state index contributed by atoms with van der Waals surface area (Å²) in [5.41, 5.74) is 2.53. The van der Waals surface area contributed by atoms with Gasteiger partial charge in [0.25, 0.3) is 0 Å². The van der Waals surface area contributed by atoms with Gasteiger partial charge in [0.1, 0.15) is 0 Å². The Bertz CT molecular complexity index is 552. The average Bonchev–Trinajstić information content (AvgIpc) is 3.14. The lowest BCUT2D eigenvalue weighted by Crippen LogP contribution is -2.15. The van der Waals surface area contributed by atoms with Gasteiger partial charge in [-0.2, -0.15) is 0 Å². The van der Waals surface area contributed by atoms with Crippen molar-refractivity contribution in [2.75, 3.05) is 0 Å². The molecule has 0 amide bonds. The van der Waals surface area contributed by atoms with Crippen molar-refractivity contribution >= 4 is 27.3 Å². The molecule has 0 atom stereocenters. The van der Waals surface area contributed by atoms with E-state index in [1.54, 1.807) is 11.3 Å². The summed E-state index contributed by atoms with van der Waals surface area (Å²) in [7, 11) is 0. The minimum atomic E-state index is 0.648. The molecule has 1 aliphatic rings. The molecular formula is C16H18BrNOS. The highest BCUT2D eigenvalue weighted by atomic mass is 79.9. The number of rotatable bonds is 7. The molecule has 2 aromatic rings. The van der Waals surface area contributed by atoms with E-state index in [4.69, 9.17) is 4.74 Å². The molecular weight excluding hydrogens is 334 g/mol. The fraction of sp³-hybridized carbons (Fsp3) is 0.375. The van der Waals surface area contributed by atoms with Gasteiger partial charge < -0.3 is 10.1 Å². The van der Waals surface area contributed by atoms with Crippen LogP contribution in [0.3, 0.4) is 0 Å². The number of benzene rings is 1. The van der Waals surface area contributed by atoms with Crippen LogP contribution in [-0.2, 0) is 24.5 Å². The van der Waals surface area contributed by atoms with Crippen LogP contribution in [0.2, 0.25) is 0 Å². The fourth-order valence-corrected chi connectivity index (χ4v) is 3.20. The number of thiophene rings is 1. The fourth-order valence-electron chi connectivity index (χ4n) is 2.02. The smallest absolute Gasteiger partial charge is 0.0813 e. The van der Waals surface area contributed by atoms with E-state index in [0.29, 0.717) is 13.2 Å². The molecule has 0 saturated heterocycles. The van der Waals surface area contributed by atoms with Crippen molar-refractivity contribution in [2.24, 2.45) is 0 Å². The third-order valence-corrected chi connectivity index (χ3v) is 4.96. The van der Waals surface area contributed by atoms with Crippen molar-refractivity contribution in [3.63, 3.8) is 0 Å².